The topological polar surface area (TPSA) is 88.4 Å². The molecule has 5 rings (SSSR count). The number of hydrogen-bond acceptors (Lipinski definition) is 4. The van der Waals surface area contributed by atoms with E-state index >= 15 is 0 Å². The van der Waals surface area contributed by atoms with Crippen LogP contribution in [0.4, 0.5) is 11.4 Å². The molecule has 0 bridgehead atoms. The molecule has 0 saturated heterocycles. The van der Waals surface area contributed by atoms with Crippen LogP contribution in [0.15, 0.2) is 94.2 Å². The number of amides is 1. The Hall–Kier alpha value is -3.81. The molecule has 0 atom stereocenters. The number of fused-ring (bicyclic) bond motifs is 3. The van der Waals surface area contributed by atoms with Crippen molar-refractivity contribution in [3.8, 4) is 0 Å². The molecule has 0 unspecified atom stereocenters. The van der Waals surface area contributed by atoms with Crippen LogP contribution in [0, 0.1) is 6.92 Å². The molecule has 4 aromatic carbocycles. The molecule has 8 heteroatoms. The fourth-order valence-electron chi connectivity index (χ4n) is 3.67. The van der Waals surface area contributed by atoms with Gasteiger partial charge in [0.2, 0.25) is 0 Å². The zero-order valence-corrected chi connectivity index (χ0v) is 19.6. The summed E-state index contributed by atoms with van der Waals surface area (Å²) in [5, 5.41) is 4.90. The lowest BCUT2D eigenvalue weighted by atomic mass is 10.1. The molecule has 2 N–H and O–H groups in total. The van der Waals surface area contributed by atoms with Gasteiger partial charge in [-0.2, -0.15) is 0 Å². The monoisotopic (exact) mass is 490 g/mol. The Morgan fingerprint density at radius 2 is 1.59 bits per heavy atom. The van der Waals surface area contributed by atoms with E-state index in [1.54, 1.807) is 24.3 Å². The van der Waals surface area contributed by atoms with Crippen molar-refractivity contribution in [3.63, 3.8) is 0 Å². The lowest BCUT2D eigenvalue weighted by Crippen LogP contribution is -2.14. The van der Waals surface area contributed by atoms with E-state index < -0.39 is 10.0 Å². The van der Waals surface area contributed by atoms with Crippen molar-refractivity contribution < 1.29 is 17.6 Å². The molecule has 1 heterocycles. The zero-order valence-electron chi connectivity index (χ0n) is 18.0. The van der Waals surface area contributed by atoms with Crippen molar-refractivity contribution in [1.29, 1.82) is 0 Å². The van der Waals surface area contributed by atoms with Crippen LogP contribution >= 0.6 is 11.6 Å². The highest BCUT2D eigenvalue weighted by molar-refractivity contribution is 7.92. The maximum atomic E-state index is 12.8. The number of halogens is 1. The summed E-state index contributed by atoms with van der Waals surface area (Å²) in [6, 6.07) is 24.0. The highest BCUT2D eigenvalue weighted by Crippen LogP contribution is 2.31. The van der Waals surface area contributed by atoms with Crippen LogP contribution in [0.3, 0.4) is 0 Å². The average molecular weight is 491 g/mol. The van der Waals surface area contributed by atoms with E-state index in [0.717, 1.165) is 21.9 Å². The van der Waals surface area contributed by atoms with E-state index in [1.165, 1.54) is 30.3 Å². The third-order valence-corrected chi connectivity index (χ3v) is 7.14. The van der Waals surface area contributed by atoms with Gasteiger partial charge in [-0.3, -0.25) is 9.52 Å². The molecule has 1 amide bonds. The van der Waals surface area contributed by atoms with Gasteiger partial charge in [-0.25, -0.2) is 8.42 Å². The zero-order chi connectivity index (χ0) is 23.9. The molecule has 34 heavy (non-hydrogen) atoms. The molecule has 0 aliphatic heterocycles. The number of carbonyl (C=O) groups is 1. The fraction of sp³-hybridized carbons (Fsp3) is 0.0385. The number of benzene rings is 4. The molecule has 0 spiro atoms. The minimum atomic E-state index is -3.81. The van der Waals surface area contributed by atoms with Crippen molar-refractivity contribution in [1.82, 2.24) is 0 Å². The van der Waals surface area contributed by atoms with Gasteiger partial charge < -0.3 is 9.73 Å². The van der Waals surface area contributed by atoms with Crippen LogP contribution in [0.2, 0.25) is 5.02 Å². The second-order valence-corrected chi connectivity index (χ2v) is 9.97. The van der Waals surface area contributed by atoms with Crippen LogP contribution < -0.4 is 10.0 Å². The van der Waals surface area contributed by atoms with Gasteiger partial charge in [-0.15, -0.1) is 0 Å². The van der Waals surface area contributed by atoms with Gasteiger partial charge in [-0.05, 0) is 55.5 Å². The van der Waals surface area contributed by atoms with Crippen LogP contribution in [-0.4, -0.2) is 14.3 Å². The molecule has 0 radical (unpaired) electrons. The van der Waals surface area contributed by atoms with E-state index in [2.05, 4.69) is 10.0 Å². The third-order valence-electron chi connectivity index (χ3n) is 5.44. The smallest absolute Gasteiger partial charge is 0.261 e. The Kier molecular flexibility index (Phi) is 5.51. The van der Waals surface area contributed by atoms with Gasteiger partial charge in [0.15, 0.2) is 0 Å². The highest BCUT2D eigenvalue weighted by Gasteiger charge is 2.17. The summed E-state index contributed by atoms with van der Waals surface area (Å²) in [5.74, 6) is -0.384. The van der Waals surface area contributed by atoms with Crippen molar-refractivity contribution in [2.45, 2.75) is 11.8 Å². The van der Waals surface area contributed by atoms with Crippen molar-refractivity contribution in [2.24, 2.45) is 0 Å². The SMILES string of the molecule is Cc1ccc(S(=O)(=O)Nc2ccc(C(=O)Nc3ccc4c(c3)oc3ccccc34)cc2Cl)cc1. The van der Waals surface area contributed by atoms with E-state index in [1.807, 2.05) is 37.3 Å². The lowest BCUT2D eigenvalue weighted by molar-refractivity contribution is 0.102. The molecule has 5 aromatic rings. The van der Waals surface area contributed by atoms with E-state index in [4.69, 9.17) is 16.0 Å². The van der Waals surface area contributed by atoms with Crippen LogP contribution in [0.25, 0.3) is 21.9 Å². The predicted molar refractivity (Wildman–Crippen MR) is 135 cm³/mol. The normalized spacial score (nSPS) is 11.6. The Morgan fingerprint density at radius 3 is 2.35 bits per heavy atom. The molecular weight excluding hydrogens is 472 g/mol. The maximum Gasteiger partial charge on any atom is 0.261 e. The summed E-state index contributed by atoms with van der Waals surface area (Å²) in [7, 11) is -3.81. The van der Waals surface area contributed by atoms with Crippen molar-refractivity contribution in [2.75, 3.05) is 10.0 Å². The molecule has 6 nitrogen and oxygen atoms in total. The number of furan rings is 1. The van der Waals surface area contributed by atoms with Crippen molar-refractivity contribution in [3.05, 3.63) is 101 Å². The second kappa shape index (κ2) is 8.52. The second-order valence-electron chi connectivity index (χ2n) is 7.88. The number of anilines is 2. The van der Waals surface area contributed by atoms with Crippen molar-refractivity contribution >= 4 is 60.8 Å². The van der Waals surface area contributed by atoms with Gasteiger partial charge in [-0.1, -0.05) is 47.5 Å². The Bertz CT molecular complexity index is 1660. The Labute approximate surface area is 201 Å². The molecular formula is C26H19ClN2O4S. The number of hydrogen-bond donors (Lipinski definition) is 2. The quantitative estimate of drug-likeness (QED) is 0.290. The van der Waals surface area contributed by atoms with Gasteiger partial charge >= 0.3 is 0 Å². The van der Waals surface area contributed by atoms with Crippen LogP contribution in [0.1, 0.15) is 15.9 Å². The van der Waals surface area contributed by atoms with E-state index in [-0.39, 0.29) is 27.1 Å². The Balaban J connectivity index is 1.35. The number of para-hydroxylation sites is 1. The first-order valence-corrected chi connectivity index (χ1v) is 12.3. The number of rotatable bonds is 5. The van der Waals surface area contributed by atoms with E-state index in [0.29, 0.717) is 11.3 Å². The Morgan fingerprint density at radius 1 is 0.853 bits per heavy atom. The summed E-state index contributed by atoms with van der Waals surface area (Å²) < 4.78 is 33.6. The minimum Gasteiger partial charge on any atom is -0.456 e. The lowest BCUT2D eigenvalue weighted by Gasteiger charge is -2.11. The third kappa shape index (κ3) is 4.23. The predicted octanol–water partition coefficient (Wildman–Crippen LogP) is 6.60. The first-order chi connectivity index (χ1) is 16.3. The molecule has 170 valence electrons. The van der Waals surface area contributed by atoms with Gasteiger partial charge in [0.05, 0.1) is 15.6 Å². The first-order valence-electron chi connectivity index (χ1n) is 10.4. The summed E-state index contributed by atoms with van der Waals surface area (Å²) >= 11 is 6.30. The number of nitrogens with one attached hydrogen (secondary N) is 2. The largest absolute Gasteiger partial charge is 0.456 e. The van der Waals surface area contributed by atoms with Gasteiger partial charge in [0, 0.05) is 28.1 Å². The fourth-order valence-corrected chi connectivity index (χ4v) is 5.03. The minimum absolute atomic E-state index is 0.107. The number of aryl methyl sites for hydroxylation is 1. The summed E-state index contributed by atoms with van der Waals surface area (Å²) in [5.41, 5.74) is 3.42. The first kappa shape index (κ1) is 22.0. The molecule has 0 aliphatic carbocycles. The average Bonchev–Trinajstić information content (AvgIpc) is 3.18. The van der Waals surface area contributed by atoms with Gasteiger partial charge in [0.1, 0.15) is 11.2 Å². The van der Waals surface area contributed by atoms with Gasteiger partial charge in [0.25, 0.3) is 15.9 Å². The molecule has 0 fully saturated rings. The molecule has 0 saturated carbocycles. The van der Waals surface area contributed by atoms with E-state index in [9.17, 15) is 13.2 Å². The van der Waals surface area contributed by atoms with Crippen LogP contribution in [-0.2, 0) is 10.0 Å². The summed E-state index contributed by atoms with van der Waals surface area (Å²) in [6.07, 6.45) is 0. The molecule has 1 aromatic heterocycles. The summed E-state index contributed by atoms with van der Waals surface area (Å²) in [6.45, 7) is 1.87. The highest BCUT2D eigenvalue weighted by atomic mass is 35.5. The number of sulfonamides is 1. The van der Waals surface area contributed by atoms with Crippen LogP contribution in [0.5, 0.6) is 0 Å². The maximum absolute atomic E-state index is 12.8. The number of carbonyl (C=O) groups excluding carboxylic acids is 1. The summed E-state index contributed by atoms with van der Waals surface area (Å²) in [4.78, 5) is 12.9. The molecule has 0 aliphatic rings. The standard InChI is InChI=1S/C26H19ClN2O4S/c1-16-6-10-19(11-7-16)34(31,32)29-23-13-8-17(14-22(23)27)26(30)28-18-9-12-21-20-4-2-3-5-24(20)33-25(21)15-18/h2-15,29H,1H3,(H,28,30).